The summed E-state index contributed by atoms with van der Waals surface area (Å²) in [5.74, 6) is -1.23. The van der Waals surface area contributed by atoms with E-state index in [1.165, 1.54) is 24.3 Å². The number of halogens is 1. The smallest absolute Gasteiger partial charge is 0.261 e. The molecule has 3 aromatic rings. The first-order chi connectivity index (χ1) is 14.4. The summed E-state index contributed by atoms with van der Waals surface area (Å²) in [5.41, 5.74) is 1.85. The molecule has 7 heteroatoms. The Hall–Kier alpha value is -3.45. The third-order valence-corrected chi connectivity index (χ3v) is 4.94. The summed E-state index contributed by atoms with van der Waals surface area (Å²) >= 11 is 0. The van der Waals surface area contributed by atoms with Gasteiger partial charge in [0, 0.05) is 30.3 Å². The van der Waals surface area contributed by atoms with Gasteiger partial charge in [0.15, 0.2) is 0 Å². The van der Waals surface area contributed by atoms with E-state index in [1.54, 1.807) is 37.3 Å². The molecule has 1 unspecified atom stereocenters. The Kier molecular flexibility index (Phi) is 6.64. The number of phenols is 1. The summed E-state index contributed by atoms with van der Waals surface area (Å²) in [6.07, 6.45) is 0.256. The second-order valence-electron chi connectivity index (χ2n) is 7.15. The maximum atomic E-state index is 13.8. The number of rotatable bonds is 7. The van der Waals surface area contributed by atoms with Crippen LogP contribution in [-0.2, 0) is 6.42 Å². The topological polar surface area (TPSA) is 102 Å². The molecular weight excluding hydrogens is 387 g/mol. The van der Waals surface area contributed by atoms with Gasteiger partial charge in [-0.05, 0) is 48.7 Å². The largest absolute Gasteiger partial charge is 0.508 e. The van der Waals surface area contributed by atoms with Gasteiger partial charge in [0.1, 0.15) is 17.1 Å². The Balaban J connectivity index is 1.76. The fraction of sp³-hybridized carbons (Fsp3) is 0.217. The Morgan fingerprint density at radius 1 is 1.17 bits per heavy atom. The summed E-state index contributed by atoms with van der Waals surface area (Å²) in [6.45, 7) is 1.57. The molecular formula is C23H23FN2O4. The van der Waals surface area contributed by atoms with Gasteiger partial charge in [0.05, 0.1) is 0 Å². The molecule has 0 aliphatic heterocycles. The number of aryl methyl sites for hydroxylation is 1. The molecule has 0 saturated carbocycles. The first-order valence-corrected chi connectivity index (χ1v) is 9.54. The predicted octanol–water partition coefficient (Wildman–Crippen LogP) is 2.78. The number of aromatic amines is 1. The highest BCUT2D eigenvalue weighted by Gasteiger charge is 2.17. The molecule has 0 spiro atoms. The fourth-order valence-corrected chi connectivity index (χ4v) is 3.24. The maximum Gasteiger partial charge on any atom is 0.261 e. The number of nitrogens with one attached hydrogen (secondary N) is 2. The van der Waals surface area contributed by atoms with Gasteiger partial charge in [-0.3, -0.25) is 9.59 Å². The summed E-state index contributed by atoms with van der Waals surface area (Å²) in [4.78, 5) is 27.6. The Bertz CT molecular complexity index is 1090. The summed E-state index contributed by atoms with van der Waals surface area (Å²) in [7, 11) is 0. The molecule has 0 bridgehead atoms. The number of hydrogen-bond acceptors (Lipinski definition) is 4. The number of pyridine rings is 1. The van der Waals surface area contributed by atoms with Gasteiger partial charge in [0.25, 0.3) is 11.5 Å². The summed E-state index contributed by atoms with van der Waals surface area (Å²) < 4.78 is 13.8. The average Bonchev–Trinajstić information content (AvgIpc) is 2.73. The van der Waals surface area contributed by atoms with Crippen LogP contribution in [0.2, 0.25) is 0 Å². The van der Waals surface area contributed by atoms with Crippen molar-refractivity contribution in [2.75, 3.05) is 13.2 Å². The normalized spacial score (nSPS) is 11.8. The number of hydrogen-bond donors (Lipinski definition) is 4. The standard InChI is InChI=1S/C23H23FN2O4/c1-14-19(16-6-8-18(28)9-7-16)11-20(23(30)26-14)22(29)25-12-15(13-27)10-17-4-2-3-5-21(17)24/h2-9,11,15,27-28H,10,12-13H2,1H3,(H,25,29)(H,26,30). The Morgan fingerprint density at radius 2 is 1.87 bits per heavy atom. The van der Waals surface area contributed by atoms with Crippen LogP contribution in [0.1, 0.15) is 21.6 Å². The fourth-order valence-electron chi connectivity index (χ4n) is 3.24. The molecule has 0 fully saturated rings. The van der Waals surface area contributed by atoms with Gasteiger partial charge >= 0.3 is 0 Å². The van der Waals surface area contributed by atoms with Crippen LogP contribution in [0, 0.1) is 18.7 Å². The van der Waals surface area contributed by atoms with E-state index in [0.29, 0.717) is 16.8 Å². The zero-order valence-electron chi connectivity index (χ0n) is 16.5. The third-order valence-electron chi connectivity index (χ3n) is 4.94. The maximum absolute atomic E-state index is 13.8. The Labute approximate surface area is 173 Å². The van der Waals surface area contributed by atoms with E-state index in [2.05, 4.69) is 10.3 Å². The average molecular weight is 410 g/mol. The van der Waals surface area contributed by atoms with Gasteiger partial charge in [-0.2, -0.15) is 0 Å². The minimum atomic E-state index is -0.580. The minimum Gasteiger partial charge on any atom is -0.508 e. The van der Waals surface area contributed by atoms with Gasteiger partial charge in [-0.15, -0.1) is 0 Å². The van der Waals surface area contributed by atoms with Crippen LogP contribution >= 0.6 is 0 Å². The first-order valence-electron chi connectivity index (χ1n) is 9.54. The molecule has 0 saturated heterocycles. The van der Waals surface area contributed by atoms with Crippen molar-refractivity contribution in [2.24, 2.45) is 5.92 Å². The van der Waals surface area contributed by atoms with E-state index in [-0.39, 0.29) is 36.7 Å². The van der Waals surface area contributed by atoms with E-state index in [0.717, 1.165) is 5.56 Å². The molecule has 0 radical (unpaired) electrons. The monoisotopic (exact) mass is 410 g/mol. The third kappa shape index (κ3) is 4.93. The number of aromatic hydroxyl groups is 1. The molecule has 0 aliphatic carbocycles. The van der Waals surface area contributed by atoms with Crippen LogP contribution in [0.4, 0.5) is 4.39 Å². The van der Waals surface area contributed by atoms with Crippen molar-refractivity contribution in [1.82, 2.24) is 10.3 Å². The van der Waals surface area contributed by atoms with E-state index >= 15 is 0 Å². The van der Waals surface area contributed by atoms with Crippen LogP contribution in [0.3, 0.4) is 0 Å². The molecule has 30 heavy (non-hydrogen) atoms. The lowest BCUT2D eigenvalue weighted by atomic mass is 9.99. The summed E-state index contributed by atoms with van der Waals surface area (Å²) in [6, 6.07) is 14.2. The highest BCUT2D eigenvalue weighted by atomic mass is 19.1. The predicted molar refractivity (Wildman–Crippen MR) is 112 cm³/mol. The Morgan fingerprint density at radius 3 is 2.53 bits per heavy atom. The van der Waals surface area contributed by atoms with Crippen LogP contribution in [-0.4, -0.2) is 34.3 Å². The van der Waals surface area contributed by atoms with Crippen molar-refractivity contribution in [3.63, 3.8) is 0 Å². The van der Waals surface area contributed by atoms with E-state index in [9.17, 15) is 24.2 Å². The number of benzene rings is 2. The highest BCUT2D eigenvalue weighted by molar-refractivity contribution is 5.95. The summed E-state index contributed by atoms with van der Waals surface area (Å²) in [5, 5.41) is 21.7. The molecule has 156 valence electrons. The quantitative estimate of drug-likeness (QED) is 0.481. The zero-order valence-corrected chi connectivity index (χ0v) is 16.5. The van der Waals surface area contributed by atoms with Crippen molar-refractivity contribution in [1.29, 1.82) is 0 Å². The number of amides is 1. The molecule has 0 aliphatic rings. The number of carbonyl (C=O) groups excluding carboxylic acids is 1. The van der Waals surface area contributed by atoms with Gasteiger partial charge in [-0.1, -0.05) is 30.3 Å². The lowest BCUT2D eigenvalue weighted by molar-refractivity contribution is 0.0938. The van der Waals surface area contributed by atoms with Gasteiger partial charge in [0.2, 0.25) is 0 Å². The van der Waals surface area contributed by atoms with E-state index in [1.807, 2.05) is 0 Å². The second kappa shape index (κ2) is 9.37. The highest BCUT2D eigenvalue weighted by Crippen LogP contribution is 2.24. The molecule has 3 rings (SSSR count). The van der Waals surface area contributed by atoms with Crippen LogP contribution in [0.25, 0.3) is 11.1 Å². The van der Waals surface area contributed by atoms with Crippen LogP contribution in [0.5, 0.6) is 5.75 Å². The van der Waals surface area contributed by atoms with E-state index in [4.69, 9.17) is 0 Å². The van der Waals surface area contributed by atoms with Crippen molar-refractivity contribution < 1.29 is 19.4 Å². The number of aliphatic hydroxyl groups is 1. The van der Waals surface area contributed by atoms with Gasteiger partial charge in [-0.25, -0.2) is 4.39 Å². The van der Waals surface area contributed by atoms with Gasteiger partial charge < -0.3 is 20.5 Å². The second-order valence-corrected chi connectivity index (χ2v) is 7.15. The lowest BCUT2D eigenvalue weighted by Crippen LogP contribution is -2.35. The van der Waals surface area contributed by atoms with Crippen LogP contribution in [0.15, 0.2) is 59.4 Å². The molecule has 4 N–H and O–H groups in total. The molecule has 2 aromatic carbocycles. The minimum absolute atomic E-state index is 0.0637. The molecule has 1 atom stereocenters. The first kappa shape index (κ1) is 21.3. The molecule has 6 nitrogen and oxygen atoms in total. The van der Waals surface area contributed by atoms with E-state index < -0.39 is 17.4 Å². The number of H-pyrrole nitrogens is 1. The number of aliphatic hydroxyl groups excluding tert-OH is 1. The van der Waals surface area contributed by atoms with Crippen molar-refractivity contribution >= 4 is 5.91 Å². The van der Waals surface area contributed by atoms with Crippen LogP contribution < -0.4 is 10.9 Å². The lowest BCUT2D eigenvalue weighted by Gasteiger charge is -2.16. The van der Waals surface area contributed by atoms with Crippen molar-refractivity contribution in [3.8, 4) is 16.9 Å². The SMILES string of the molecule is Cc1[nH]c(=O)c(C(=O)NCC(CO)Cc2ccccc2F)cc1-c1ccc(O)cc1. The van der Waals surface area contributed by atoms with Crippen molar-refractivity contribution in [2.45, 2.75) is 13.3 Å². The zero-order chi connectivity index (χ0) is 21.7. The number of phenolic OH excluding ortho intramolecular Hbond substituents is 1. The molecule has 1 heterocycles. The van der Waals surface area contributed by atoms with Crippen molar-refractivity contribution in [3.05, 3.63) is 87.6 Å². The number of carbonyl (C=O) groups is 1. The number of aromatic nitrogens is 1. The molecule has 1 amide bonds. The molecule has 1 aromatic heterocycles.